The van der Waals surface area contributed by atoms with Crippen molar-refractivity contribution in [2.45, 2.75) is 13.3 Å². The first-order valence-electron chi connectivity index (χ1n) is 3.63. The van der Waals surface area contributed by atoms with E-state index in [1.807, 2.05) is 0 Å². The van der Waals surface area contributed by atoms with Crippen molar-refractivity contribution in [1.29, 1.82) is 0 Å². The molecule has 0 aliphatic carbocycles. The maximum Gasteiger partial charge on any atom is 0.0949 e. The van der Waals surface area contributed by atoms with Crippen LogP contribution in [0.2, 0.25) is 0 Å². The van der Waals surface area contributed by atoms with Crippen molar-refractivity contribution < 1.29 is 5.11 Å². The van der Waals surface area contributed by atoms with Gasteiger partial charge in [0.2, 0.25) is 0 Å². The molecular weight excluding hydrogens is 114 g/mol. The van der Waals surface area contributed by atoms with Gasteiger partial charge in [0.15, 0.2) is 0 Å². The Morgan fingerprint density at radius 3 is 2.89 bits per heavy atom. The Morgan fingerprint density at radius 2 is 2.44 bits per heavy atom. The zero-order valence-electron chi connectivity index (χ0n) is 5.97. The van der Waals surface area contributed by atoms with Crippen LogP contribution in [0.15, 0.2) is 0 Å². The van der Waals surface area contributed by atoms with E-state index in [0.717, 1.165) is 25.6 Å². The van der Waals surface area contributed by atoms with Crippen LogP contribution >= 0.6 is 0 Å². The smallest absolute Gasteiger partial charge is 0.0949 e. The lowest BCUT2D eigenvalue weighted by Crippen LogP contribution is -2.23. The van der Waals surface area contributed by atoms with E-state index in [9.17, 15) is 5.11 Å². The summed E-state index contributed by atoms with van der Waals surface area (Å²) in [4.78, 5) is 2.25. The predicted molar refractivity (Wildman–Crippen MR) is 35.8 cm³/mol. The summed E-state index contributed by atoms with van der Waals surface area (Å²) in [5, 5.41) is 10.2. The molecule has 2 nitrogen and oxygen atoms in total. The topological polar surface area (TPSA) is 23.1 Å². The SMILES string of the molecule is CC1CCN(CC[O])C1. The fraction of sp³-hybridized carbons (Fsp3) is 1.00. The fourth-order valence-electron chi connectivity index (χ4n) is 1.36. The highest BCUT2D eigenvalue weighted by atomic mass is 16.3. The van der Waals surface area contributed by atoms with Crippen molar-refractivity contribution in [3.63, 3.8) is 0 Å². The highest BCUT2D eigenvalue weighted by Crippen LogP contribution is 2.13. The summed E-state index contributed by atoms with van der Waals surface area (Å²) in [5.41, 5.74) is 0. The van der Waals surface area contributed by atoms with Crippen LogP contribution in [0.3, 0.4) is 0 Å². The monoisotopic (exact) mass is 128 g/mol. The second-order valence-corrected chi connectivity index (χ2v) is 2.90. The normalized spacial score (nSPS) is 29.3. The summed E-state index contributed by atoms with van der Waals surface area (Å²) < 4.78 is 0. The van der Waals surface area contributed by atoms with E-state index >= 15 is 0 Å². The lowest BCUT2D eigenvalue weighted by Gasteiger charge is -2.11. The van der Waals surface area contributed by atoms with Gasteiger partial charge in [0.1, 0.15) is 0 Å². The zero-order chi connectivity index (χ0) is 6.69. The molecule has 1 saturated heterocycles. The number of rotatable bonds is 2. The first-order valence-corrected chi connectivity index (χ1v) is 3.63. The quantitative estimate of drug-likeness (QED) is 0.538. The average Bonchev–Trinajstić information content (AvgIpc) is 2.17. The van der Waals surface area contributed by atoms with Crippen LogP contribution in [0.1, 0.15) is 13.3 Å². The molecule has 0 aromatic rings. The average molecular weight is 128 g/mol. The van der Waals surface area contributed by atoms with E-state index < -0.39 is 0 Å². The van der Waals surface area contributed by atoms with Crippen molar-refractivity contribution in [3.8, 4) is 0 Å². The molecule has 53 valence electrons. The first kappa shape index (κ1) is 7.03. The summed E-state index contributed by atoms with van der Waals surface area (Å²) in [7, 11) is 0. The van der Waals surface area contributed by atoms with Crippen LogP contribution in [-0.4, -0.2) is 31.1 Å². The van der Waals surface area contributed by atoms with Crippen LogP contribution in [0.4, 0.5) is 0 Å². The van der Waals surface area contributed by atoms with E-state index in [2.05, 4.69) is 11.8 Å². The Kier molecular flexibility index (Phi) is 2.49. The minimum absolute atomic E-state index is 0.0622. The molecule has 1 aliphatic rings. The third kappa shape index (κ3) is 1.95. The van der Waals surface area contributed by atoms with Gasteiger partial charge in [0.05, 0.1) is 6.61 Å². The summed E-state index contributed by atoms with van der Waals surface area (Å²) in [6, 6.07) is 0. The predicted octanol–water partition coefficient (Wildman–Crippen LogP) is 0.759. The molecule has 1 atom stereocenters. The Hall–Kier alpha value is -0.0800. The van der Waals surface area contributed by atoms with Crippen LogP contribution in [0.25, 0.3) is 0 Å². The summed E-state index contributed by atoms with van der Waals surface area (Å²) in [6.07, 6.45) is 1.28. The van der Waals surface area contributed by atoms with Crippen LogP contribution < -0.4 is 0 Å². The zero-order valence-corrected chi connectivity index (χ0v) is 5.97. The standard InChI is InChI=1S/C7H14NO/c1-7-2-3-8(6-7)4-5-9/h7H,2-6H2,1H3. The van der Waals surface area contributed by atoms with Gasteiger partial charge in [0.25, 0.3) is 0 Å². The Labute approximate surface area is 56.5 Å². The molecule has 0 amide bonds. The largest absolute Gasteiger partial charge is 0.301 e. The molecular formula is C7H14NO. The molecule has 0 aromatic heterocycles. The molecule has 0 N–H and O–H groups in total. The van der Waals surface area contributed by atoms with Gasteiger partial charge >= 0.3 is 0 Å². The van der Waals surface area contributed by atoms with Crippen LogP contribution in [0.5, 0.6) is 0 Å². The molecule has 1 fully saturated rings. The van der Waals surface area contributed by atoms with Gasteiger partial charge in [-0.05, 0) is 18.9 Å². The fourth-order valence-corrected chi connectivity index (χ4v) is 1.36. The van der Waals surface area contributed by atoms with Gasteiger partial charge in [-0.3, -0.25) is 0 Å². The van der Waals surface area contributed by atoms with Gasteiger partial charge < -0.3 is 4.90 Å². The van der Waals surface area contributed by atoms with Gasteiger partial charge in [-0.25, -0.2) is 5.11 Å². The second kappa shape index (κ2) is 3.18. The number of hydrogen-bond acceptors (Lipinski definition) is 1. The van der Waals surface area contributed by atoms with Gasteiger partial charge in [-0.2, -0.15) is 0 Å². The van der Waals surface area contributed by atoms with E-state index in [4.69, 9.17) is 0 Å². The molecule has 0 bridgehead atoms. The minimum atomic E-state index is 0.0622. The maximum atomic E-state index is 10.2. The Balaban J connectivity index is 2.14. The van der Waals surface area contributed by atoms with Gasteiger partial charge in [-0.1, -0.05) is 6.92 Å². The molecule has 0 saturated carbocycles. The molecule has 1 heterocycles. The van der Waals surface area contributed by atoms with E-state index in [-0.39, 0.29) is 6.61 Å². The highest BCUT2D eigenvalue weighted by Gasteiger charge is 2.17. The third-order valence-electron chi connectivity index (χ3n) is 1.92. The number of likely N-dealkylation sites (tertiary alicyclic amines) is 1. The number of hydrogen-bond donors (Lipinski definition) is 0. The van der Waals surface area contributed by atoms with E-state index in [1.54, 1.807) is 0 Å². The van der Waals surface area contributed by atoms with Gasteiger partial charge in [-0.15, -0.1) is 0 Å². The minimum Gasteiger partial charge on any atom is -0.301 e. The van der Waals surface area contributed by atoms with Crippen molar-refractivity contribution >= 4 is 0 Å². The molecule has 1 rings (SSSR count). The second-order valence-electron chi connectivity index (χ2n) is 2.90. The molecule has 1 aliphatic heterocycles. The maximum absolute atomic E-state index is 10.2. The first-order chi connectivity index (χ1) is 4.33. The lowest BCUT2D eigenvalue weighted by molar-refractivity contribution is 0.152. The van der Waals surface area contributed by atoms with E-state index in [1.165, 1.54) is 6.42 Å². The van der Waals surface area contributed by atoms with Crippen LogP contribution in [0, 0.1) is 5.92 Å². The molecule has 1 unspecified atom stereocenters. The van der Waals surface area contributed by atoms with Crippen molar-refractivity contribution in [3.05, 3.63) is 0 Å². The van der Waals surface area contributed by atoms with Crippen molar-refractivity contribution in [1.82, 2.24) is 4.90 Å². The highest BCUT2D eigenvalue weighted by molar-refractivity contribution is 4.71. The molecule has 9 heavy (non-hydrogen) atoms. The van der Waals surface area contributed by atoms with E-state index in [0.29, 0.717) is 0 Å². The third-order valence-corrected chi connectivity index (χ3v) is 1.92. The summed E-state index contributed by atoms with van der Waals surface area (Å²) >= 11 is 0. The Morgan fingerprint density at radius 1 is 1.67 bits per heavy atom. The van der Waals surface area contributed by atoms with Gasteiger partial charge in [0, 0.05) is 13.1 Å². The molecule has 0 aromatic carbocycles. The summed E-state index contributed by atoms with van der Waals surface area (Å²) in [5.74, 6) is 0.816. The van der Waals surface area contributed by atoms with Crippen molar-refractivity contribution in [2.24, 2.45) is 5.92 Å². The molecule has 2 heteroatoms. The van der Waals surface area contributed by atoms with Crippen LogP contribution in [-0.2, 0) is 5.11 Å². The Bertz CT molecular complexity index is 83.0. The van der Waals surface area contributed by atoms with Crippen molar-refractivity contribution in [2.75, 3.05) is 26.2 Å². The molecule has 0 spiro atoms. The number of nitrogens with zero attached hydrogens (tertiary/aromatic N) is 1. The lowest BCUT2D eigenvalue weighted by atomic mass is 10.2. The summed E-state index contributed by atoms with van der Waals surface area (Å²) in [6.45, 7) is 5.34. The molecule has 1 radical (unpaired) electrons.